The van der Waals surface area contributed by atoms with Crippen LogP contribution in [0.5, 0.6) is 0 Å². The third-order valence-electron chi connectivity index (χ3n) is 5.09. The Kier molecular flexibility index (Phi) is 6.11. The summed E-state index contributed by atoms with van der Waals surface area (Å²) in [6.45, 7) is 6.47. The number of carbonyl (C=O) groups is 2. The molecule has 2 N–H and O–H groups in total. The molecule has 0 unspecified atom stereocenters. The van der Waals surface area contributed by atoms with Crippen LogP contribution in [0.15, 0.2) is 35.5 Å². The number of ether oxygens (including phenoxy) is 1. The summed E-state index contributed by atoms with van der Waals surface area (Å²) in [4.78, 5) is 27.2. The van der Waals surface area contributed by atoms with Crippen LogP contribution in [0.25, 0.3) is 0 Å². The van der Waals surface area contributed by atoms with E-state index in [9.17, 15) is 14.0 Å². The van der Waals surface area contributed by atoms with Gasteiger partial charge in [0.15, 0.2) is 0 Å². The van der Waals surface area contributed by atoms with Crippen molar-refractivity contribution in [2.75, 3.05) is 26.2 Å². The van der Waals surface area contributed by atoms with Gasteiger partial charge in [-0.2, -0.15) is 0 Å². The van der Waals surface area contributed by atoms with E-state index < -0.39 is 23.9 Å². The predicted molar refractivity (Wildman–Crippen MR) is 99.3 cm³/mol. The lowest BCUT2D eigenvalue weighted by molar-refractivity contribution is -0.139. The molecule has 0 spiro atoms. The number of esters is 1. The summed E-state index contributed by atoms with van der Waals surface area (Å²) in [6, 6.07) is 4.77. The third-order valence-corrected chi connectivity index (χ3v) is 5.09. The summed E-state index contributed by atoms with van der Waals surface area (Å²) in [6.07, 6.45) is 2.17. The van der Waals surface area contributed by atoms with Crippen molar-refractivity contribution < 1.29 is 18.7 Å². The summed E-state index contributed by atoms with van der Waals surface area (Å²) in [5.41, 5.74) is 1.37. The first-order chi connectivity index (χ1) is 13.0. The van der Waals surface area contributed by atoms with Crippen molar-refractivity contribution in [1.29, 1.82) is 0 Å². The number of hydrogen-bond donors (Lipinski definition) is 2. The molecule has 7 heteroatoms. The van der Waals surface area contributed by atoms with Crippen LogP contribution in [0, 0.1) is 11.7 Å². The molecule has 1 fully saturated rings. The van der Waals surface area contributed by atoms with Gasteiger partial charge in [0.25, 0.3) is 0 Å². The molecule has 0 aliphatic carbocycles. The van der Waals surface area contributed by atoms with Gasteiger partial charge in [-0.3, -0.25) is 4.90 Å². The Labute approximate surface area is 158 Å². The minimum atomic E-state index is -0.743. The van der Waals surface area contributed by atoms with Crippen molar-refractivity contribution in [3.8, 4) is 0 Å². The van der Waals surface area contributed by atoms with E-state index in [0.29, 0.717) is 29.3 Å². The Morgan fingerprint density at radius 3 is 2.74 bits per heavy atom. The monoisotopic (exact) mass is 375 g/mol. The van der Waals surface area contributed by atoms with Crippen molar-refractivity contribution >= 4 is 12.0 Å². The molecule has 2 aliphatic heterocycles. The van der Waals surface area contributed by atoms with E-state index in [1.807, 2.05) is 0 Å². The number of carbonyl (C=O) groups excluding carboxylic acids is 2. The van der Waals surface area contributed by atoms with Gasteiger partial charge in [-0.25, -0.2) is 14.0 Å². The number of benzene rings is 1. The Bertz CT molecular complexity index is 742. The van der Waals surface area contributed by atoms with Crippen molar-refractivity contribution in [1.82, 2.24) is 15.5 Å². The Morgan fingerprint density at radius 2 is 2.07 bits per heavy atom. The number of piperidine rings is 1. The fourth-order valence-electron chi connectivity index (χ4n) is 3.57. The normalized spacial score (nSPS) is 21.6. The maximum absolute atomic E-state index is 13.7. The molecule has 1 aromatic rings. The largest absolute Gasteiger partial charge is 0.463 e. The maximum Gasteiger partial charge on any atom is 0.338 e. The van der Waals surface area contributed by atoms with Gasteiger partial charge in [0.1, 0.15) is 5.82 Å². The highest BCUT2D eigenvalue weighted by atomic mass is 19.1. The van der Waals surface area contributed by atoms with Gasteiger partial charge in [0.05, 0.1) is 18.2 Å². The van der Waals surface area contributed by atoms with Gasteiger partial charge in [-0.05, 0) is 56.5 Å². The maximum atomic E-state index is 13.7. The van der Waals surface area contributed by atoms with Crippen molar-refractivity contribution in [2.24, 2.45) is 5.92 Å². The van der Waals surface area contributed by atoms with Crippen LogP contribution in [-0.4, -0.2) is 43.1 Å². The standard InChI is InChI=1S/C20H26FN3O3/c1-3-27-19(25)17-16(12-24-9-7-13(2)8-10-24)22-20(26)23-18(17)14-5-4-6-15(21)11-14/h4-6,11,13,18H,3,7-10,12H2,1-2H3,(H2,22,23,26)/t18-/m0/s1. The molecule has 3 rings (SSSR count). The summed E-state index contributed by atoms with van der Waals surface area (Å²) in [5.74, 6) is -0.239. The lowest BCUT2D eigenvalue weighted by atomic mass is 9.94. The summed E-state index contributed by atoms with van der Waals surface area (Å²) < 4.78 is 19.0. The van der Waals surface area contributed by atoms with Gasteiger partial charge in [-0.15, -0.1) is 0 Å². The van der Waals surface area contributed by atoms with E-state index in [0.717, 1.165) is 25.9 Å². The van der Waals surface area contributed by atoms with Crippen LogP contribution in [0.3, 0.4) is 0 Å². The summed E-state index contributed by atoms with van der Waals surface area (Å²) in [5, 5.41) is 5.50. The zero-order valence-electron chi connectivity index (χ0n) is 15.8. The number of hydrogen-bond acceptors (Lipinski definition) is 4. The predicted octanol–water partition coefficient (Wildman–Crippen LogP) is 2.73. The number of urea groups is 1. The van der Waals surface area contributed by atoms with Crippen LogP contribution in [-0.2, 0) is 9.53 Å². The van der Waals surface area contributed by atoms with E-state index in [4.69, 9.17) is 4.74 Å². The lowest BCUT2D eigenvalue weighted by Gasteiger charge is -2.34. The van der Waals surface area contributed by atoms with E-state index in [1.165, 1.54) is 12.1 Å². The fraction of sp³-hybridized carbons (Fsp3) is 0.500. The molecule has 1 aromatic carbocycles. The highest BCUT2D eigenvalue weighted by molar-refractivity contribution is 5.95. The molecule has 0 bridgehead atoms. The minimum Gasteiger partial charge on any atom is -0.463 e. The molecule has 1 saturated heterocycles. The molecule has 0 radical (unpaired) electrons. The zero-order valence-corrected chi connectivity index (χ0v) is 15.8. The molecular formula is C20H26FN3O3. The highest BCUT2D eigenvalue weighted by Gasteiger charge is 2.34. The van der Waals surface area contributed by atoms with Crippen molar-refractivity contribution in [2.45, 2.75) is 32.7 Å². The minimum absolute atomic E-state index is 0.223. The van der Waals surface area contributed by atoms with E-state index in [2.05, 4.69) is 22.5 Å². The third kappa shape index (κ3) is 4.66. The molecule has 2 aliphatic rings. The molecular weight excluding hydrogens is 349 g/mol. The van der Waals surface area contributed by atoms with Gasteiger partial charge in [0, 0.05) is 12.2 Å². The van der Waals surface area contributed by atoms with E-state index >= 15 is 0 Å². The van der Waals surface area contributed by atoms with Crippen LogP contribution in [0.4, 0.5) is 9.18 Å². The van der Waals surface area contributed by atoms with Crippen LogP contribution in [0.2, 0.25) is 0 Å². The van der Waals surface area contributed by atoms with Gasteiger partial charge in [0.2, 0.25) is 0 Å². The fourth-order valence-corrected chi connectivity index (χ4v) is 3.57. The first-order valence-corrected chi connectivity index (χ1v) is 9.43. The van der Waals surface area contributed by atoms with Crippen molar-refractivity contribution in [3.63, 3.8) is 0 Å². The van der Waals surface area contributed by atoms with Gasteiger partial charge < -0.3 is 15.4 Å². The Balaban J connectivity index is 1.95. The first-order valence-electron chi connectivity index (χ1n) is 9.43. The lowest BCUT2D eigenvalue weighted by Crippen LogP contribution is -2.49. The van der Waals surface area contributed by atoms with E-state index in [1.54, 1.807) is 19.1 Å². The zero-order chi connectivity index (χ0) is 19.4. The molecule has 1 atom stereocenters. The molecule has 2 heterocycles. The number of likely N-dealkylation sites (tertiary alicyclic amines) is 1. The van der Waals surface area contributed by atoms with E-state index in [-0.39, 0.29) is 6.61 Å². The second-order valence-electron chi connectivity index (χ2n) is 7.16. The Hall–Kier alpha value is -2.41. The topological polar surface area (TPSA) is 70.7 Å². The number of rotatable bonds is 5. The average molecular weight is 375 g/mol. The molecule has 2 amide bonds. The van der Waals surface area contributed by atoms with Crippen LogP contribution >= 0.6 is 0 Å². The molecule has 0 aromatic heterocycles. The van der Waals surface area contributed by atoms with Crippen LogP contribution in [0.1, 0.15) is 38.3 Å². The molecule has 146 valence electrons. The second-order valence-corrected chi connectivity index (χ2v) is 7.16. The smallest absolute Gasteiger partial charge is 0.338 e. The highest BCUT2D eigenvalue weighted by Crippen LogP contribution is 2.29. The Morgan fingerprint density at radius 1 is 1.33 bits per heavy atom. The summed E-state index contributed by atoms with van der Waals surface area (Å²) >= 11 is 0. The number of amides is 2. The van der Waals surface area contributed by atoms with Gasteiger partial charge in [-0.1, -0.05) is 19.1 Å². The first kappa shape index (κ1) is 19.4. The van der Waals surface area contributed by atoms with Crippen molar-refractivity contribution in [3.05, 3.63) is 46.9 Å². The SMILES string of the molecule is CCOC(=O)C1=C(CN2CCC(C)CC2)NC(=O)N[C@H]1c1cccc(F)c1. The number of nitrogens with zero attached hydrogens (tertiary/aromatic N) is 1. The second kappa shape index (κ2) is 8.52. The molecule has 6 nitrogen and oxygen atoms in total. The average Bonchev–Trinajstić information content (AvgIpc) is 2.63. The molecule has 27 heavy (non-hydrogen) atoms. The van der Waals surface area contributed by atoms with Crippen LogP contribution < -0.4 is 10.6 Å². The number of nitrogens with one attached hydrogen (secondary N) is 2. The molecule has 0 saturated carbocycles. The quantitative estimate of drug-likeness (QED) is 0.777. The van der Waals surface area contributed by atoms with Gasteiger partial charge >= 0.3 is 12.0 Å². The number of halogens is 1. The summed E-state index contributed by atoms with van der Waals surface area (Å²) in [7, 11) is 0.